The van der Waals surface area contributed by atoms with Gasteiger partial charge in [0, 0.05) is 51.0 Å². The summed E-state index contributed by atoms with van der Waals surface area (Å²) in [5.41, 5.74) is 3.22. The minimum Gasteiger partial charge on any atom is -0.381 e. The van der Waals surface area contributed by atoms with Crippen LogP contribution >= 0.6 is 0 Å². The van der Waals surface area contributed by atoms with Crippen molar-refractivity contribution in [3.05, 3.63) is 46.9 Å². The minimum absolute atomic E-state index is 0.377. The molecule has 1 N–H and O–H groups in total. The fourth-order valence-electron chi connectivity index (χ4n) is 5.53. The van der Waals surface area contributed by atoms with Crippen molar-refractivity contribution < 1.29 is 4.74 Å². The average molecular weight is 437 g/mol. The molecule has 7 nitrogen and oxygen atoms in total. The Bertz CT molecular complexity index is 955. The third-order valence-corrected chi connectivity index (χ3v) is 7.30. The van der Waals surface area contributed by atoms with E-state index in [2.05, 4.69) is 72.1 Å². The third-order valence-electron chi connectivity index (χ3n) is 7.30. The summed E-state index contributed by atoms with van der Waals surface area (Å²) >= 11 is 0. The second-order valence-electron chi connectivity index (χ2n) is 9.52. The number of hydrogen-bond donors (Lipinski definition) is 1. The summed E-state index contributed by atoms with van der Waals surface area (Å²) in [6, 6.07) is 9.10. The molecule has 1 aromatic carbocycles. The van der Waals surface area contributed by atoms with Gasteiger partial charge in [-0.3, -0.25) is 0 Å². The highest BCUT2D eigenvalue weighted by atomic mass is 16.5. The highest BCUT2D eigenvalue weighted by Gasteiger charge is 2.51. The van der Waals surface area contributed by atoms with E-state index in [0.29, 0.717) is 6.04 Å². The number of fused-ring (bicyclic) bond motifs is 1. The lowest BCUT2D eigenvalue weighted by Crippen LogP contribution is -2.63. The number of hydrogen-bond acceptors (Lipinski definition) is 7. The molecule has 5 rings (SSSR count). The van der Waals surface area contributed by atoms with Crippen LogP contribution in [0, 0.1) is 0 Å². The summed E-state index contributed by atoms with van der Waals surface area (Å²) in [5, 5.41) is 3.74. The van der Waals surface area contributed by atoms with Gasteiger partial charge in [-0.2, -0.15) is 0 Å². The summed E-state index contributed by atoms with van der Waals surface area (Å²) in [4.78, 5) is 17.7. The van der Waals surface area contributed by atoms with Crippen LogP contribution in [0.15, 0.2) is 45.8 Å². The van der Waals surface area contributed by atoms with Gasteiger partial charge in [-0.15, -0.1) is 0 Å². The molecule has 2 saturated heterocycles. The molecular formula is C25H36N6O. The topological polar surface area (TPSA) is 55.7 Å². The van der Waals surface area contributed by atoms with Crippen LogP contribution in [-0.2, 0) is 11.2 Å². The van der Waals surface area contributed by atoms with E-state index in [0.717, 1.165) is 81.8 Å². The van der Waals surface area contributed by atoms with Crippen LogP contribution in [0.4, 0.5) is 0 Å². The molecule has 0 aromatic heterocycles. The van der Waals surface area contributed by atoms with Crippen molar-refractivity contribution in [3.8, 4) is 0 Å². The lowest BCUT2D eigenvalue weighted by molar-refractivity contribution is 0.0324. The summed E-state index contributed by atoms with van der Waals surface area (Å²) in [5.74, 6) is 3.08. The molecule has 0 saturated carbocycles. The number of ether oxygens (including phenoxy) is 1. The predicted molar refractivity (Wildman–Crippen MR) is 129 cm³/mol. The maximum absolute atomic E-state index is 5.73. The first-order valence-electron chi connectivity index (χ1n) is 12.1. The third kappa shape index (κ3) is 3.61. The molecular weight excluding hydrogens is 400 g/mol. The van der Waals surface area contributed by atoms with Gasteiger partial charge in [0.15, 0.2) is 11.5 Å². The molecule has 0 spiro atoms. The van der Waals surface area contributed by atoms with Gasteiger partial charge < -0.3 is 24.8 Å². The summed E-state index contributed by atoms with van der Waals surface area (Å²) in [7, 11) is 2.19. The molecule has 2 fully saturated rings. The zero-order valence-electron chi connectivity index (χ0n) is 19.9. The van der Waals surface area contributed by atoms with Crippen LogP contribution in [-0.4, -0.2) is 84.5 Å². The fourth-order valence-corrected chi connectivity index (χ4v) is 5.53. The Morgan fingerprint density at radius 3 is 2.53 bits per heavy atom. The Labute approximate surface area is 191 Å². The normalized spacial score (nSPS) is 27.2. The lowest BCUT2D eigenvalue weighted by Gasteiger charge is -2.47. The number of amidine groups is 2. The van der Waals surface area contributed by atoms with Crippen LogP contribution in [0.3, 0.4) is 0 Å². The van der Waals surface area contributed by atoms with Gasteiger partial charge >= 0.3 is 0 Å². The van der Waals surface area contributed by atoms with E-state index in [1.807, 2.05) is 0 Å². The van der Waals surface area contributed by atoms with Crippen LogP contribution in [0.25, 0.3) is 0 Å². The van der Waals surface area contributed by atoms with E-state index in [4.69, 9.17) is 14.7 Å². The van der Waals surface area contributed by atoms with Gasteiger partial charge in [-0.25, -0.2) is 9.98 Å². The molecule has 7 heteroatoms. The van der Waals surface area contributed by atoms with E-state index >= 15 is 0 Å². The quantitative estimate of drug-likeness (QED) is 0.787. The Kier molecular flexibility index (Phi) is 5.72. The Hall–Kier alpha value is -2.38. The van der Waals surface area contributed by atoms with E-state index in [9.17, 15) is 0 Å². The number of likely N-dealkylation sites (N-methyl/N-ethyl adjacent to an activating group) is 1. The largest absolute Gasteiger partial charge is 0.381 e. The molecule has 4 aliphatic heterocycles. The summed E-state index contributed by atoms with van der Waals surface area (Å²) in [6.45, 7) is 12.3. The molecule has 4 heterocycles. The van der Waals surface area contributed by atoms with Crippen molar-refractivity contribution in [1.82, 2.24) is 20.0 Å². The SMILES string of the molecule is CCc1ccccc1C1=NC2=C(N3CCN(C)CC3)N=C(C)NC2(C)N1C1CCOCC1. The second-order valence-corrected chi connectivity index (χ2v) is 9.52. The van der Waals surface area contributed by atoms with E-state index in [1.165, 1.54) is 11.1 Å². The molecule has 4 aliphatic rings. The molecule has 0 radical (unpaired) electrons. The van der Waals surface area contributed by atoms with Gasteiger partial charge in [-0.05, 0) is 45.7 Å². The molecule has 172 valence electrons. The van der Waals surface area contributed by atoms with Crippen molar-refractivity contribution >= 4 is 11.7 Å². The number of piperazine rings is 1. The molecule has 1 unspecified atom stereocenters. The van der Waals surface area contributed by atoms with Crippen LogP contribution in [0.2, 0.25) is 0 Å². The van der Waals surface area contributed by atoms with Gasteiger partial charge in [0.05, 0.1) is 0 Å². The van der Waals surface area contributed by atoms with E-state index < -0.39 is 5.66 Å². The Morgan fingerprint density at radius 1 is 1.09 bits per heavy atom. The average Bonchev–Trinajstić information content (AvgIpc) is 3.12. The molecule has 32 heavy (non-hydrogen) atoms. The first-order chi connectivity index (χ1) is 15.5. The first-order valence-corrected chi connectivity index (χ1v) is 12.1. The van der Waals surface area contributed by atoms with E-state index in [-0.39, 0.29) is 0 Å². The van der Waals surface area contributed by atoms with Gasteiger partial charge in [0.2, 0.25) is 0 Å². The zero-order valence-corrected chi connectivity index (χ0v) is 19.9. The molecule has 1 atom stereocenters. The Balaban J connectivity index is 1.65. The smallest absolute Gasteiger partial charge is 0.157 e. The number of aryl methyl sites for hydroxylation is 1. The van der Waals surface area contributed by atoms with Gasteiger partial charge in [0.25, 0.3) is 0 Å². The van der Waals surface area contributed by atoms with Crippen LogP contribution in [0.1, 0.15) is 44.7 Å². The predicted octanol–water partition coefficient (Wildman–Crippen LogP) is 2.64. The van der Waals surface area contributed by atoms with Crippen molar-refractivity contribution in [1.29, 1.82) is 0 Å². The van der Waals surface area contributed by atoms with Crippen LogP contribution in [0.5, 0.6) is 0 Å². The molecule has 0 bridgehead atoms. The number of rotatable bonds is 4. The highest BCUT2D eigenvalue weighted by molar-refractivity contribution is 6.04. The summed E-state index contributed by atoms with van der Waals surface area (Å²) in [6.07, 6.45) is 3.01. The highest BCUT2D eigenvalue weighted by Crippen LogP contribution is 2.41. The molecule has 1 aromatic rings. The first kappa shape index (κ1) is 21.5. The maximum atomic E-state index is 5.73. The van der Waals surface area contributed by atoms with Gasteiger partial charge in [-0.1, -0.05) is 31.2 Å². The lowest BCUT2D eigenvalue weighted by atomic mass is 9.96. The zero-order chi connectivity index (χ0) is 22.3. The number of benzene rings is 1. The molecule has 0 amide bonds. The van der Waals surface area contributed by atoms with Crippen molar-refractivity contribution in [2.24, 2.45) is 9.98 Å². The van der Waals surface area contributed by atoms with Gasteiger partial charge in [0.1, 0.15) is 17.4 Å². The Morgan fingerprint density at radius 2 is 1.81 bits per heavy atom. The van der Waals surface area contributed by atoms with Crippen LogP contribution < -0.4 is 5.32 Å². The summed E-state index contributed by atoms with van der Waals surface area (Å²) < 4.78 is 5.73. The number of nitrogens with zero attached hydrogens (tertiary/aromatic N) is 5. The number of nitrogens with one attached hydrogen (secondary N) is 1. The second kappa shape index (κ2) is 8.52. The van der Waals surface area contributed by atoms with Crippen molar-refractivity contribution in [2.75, 3.05) is 46.4 Å². The minimum atomic E-state index is -0.414. The van der Waals surface area contributed by atoms with Crippen molar-refractivity contribution in [2.45, 2.75) is 51.7 Å². The van der Waals surface area contributed by atoms with E-state index in [1.54, 1.807) is 0 Å². The van der Waals surface area contributed by atoms with Crippen molar-refractivity contribution in [3.63, 3.8) is 0 Å². The fraction of sp³-hybridized carbons (Fsp3) is 0.600. The maximum Gasteiger partial charge on any atom is 0.157 e. The molecule has 0 aliphatic carbocycles. The number of aliphatic imine (C=N–C) groups is 2. The monoisotopic (exact) mass is 436 g/mol. The standard InChI is InChI=1S/C25H36N6O/c1-5-19-8-6-7-9-21(19)23-27-22-24(30-14-12-29(4)13-15-30)26-18(2)28-25(22,3)31(23)20-10-16-32-17-11-20/h6-9,20H,5,10-17H2,1-4H3,(H,26,28).